The van der Waals surface area contributed by atoms with Crippen molar-refractivity contribution in [3.8, 4) is 0 Å². The van der Waals surface area contributed by atoms with Gasteiger partial charge in [-0.2, -0.15) is 0 Å². The van der Waals surface area contributed by atoms with Crippen LogP contribution in [0.1, 0.15) is 32.0 Å². The van der Waals surface area contributed by atoms with E-state index in [4.69, 9.17) is 5.11 Å². The molecular formula is C13H16F2N2O. The van der Waals surface area contributed by atoms with Crippen molar-refractivity contribution in [2.24, 2.45) is 0 Å². The smallest absolute Gasteiger partial charge is 0.161 e. The molecule has 0 saturated carbocycles. The summed E-state index contributed by atoms with van der Waals surface area (Å²) in [5.74, 6) is -0.821. The van der Waals surface area contributed by atoms with E-state index in [2.05, 4.69) is 4.98 Å². The highest BCUT2D eigenvalue weighted by Crippen LogP contribution is 2.24. The normalized spacial score (nSPS) is 11.7. The second-order valence-corrected chi connectivity index (χ2v) is 4.61. The fraction of sp³-hybridized carbons (Fsp3) is 0.462. The van der Waals surface area contributed by atoms with Crippen molar-refractivity contribution in [3.63, 3.8) is 0 Å². The van der Waals surface area contributed by atoms with E-state index in [1.165, 1.54) is 6.07 Å². The number of aromatic nitrogens is 2. The molecule has 0 bridgehead atoms. The van der Waals surface area contributed by atoms with E-state index >= 15 is 0 Å². The summed E-state index contributed by atoms with van der Waals surface area (Å²) in [6.07, 6.45) is 0.560. The predicted octanol–water partition coefficient (Wildman–Crippen LogP) is 2.82. The van der Waals surface area contributed by atoms with Gasteiger partial charge in [-0.25, -0.2) is 13.8 Å². The highest BCUT2D eigenvalue weighted by Gasteiger charge is 2.16. The Hall–Kier alpha value is -1.49. The Balaban J connectivity index is 2.61. The minimum atomic E-state index is -0.885. The van der Waals surface area contributed by atoms with Crippen LogP contribution in [0.2, 0.25) is 0 Å². The van der Waals surface area contributed by atoms with Crippen molar-refractivity contribution in [2.45, 2.75) is 32.7 Å². The average molecular weight is 254 g/mol. The molecule has 5 heteroatoms. The van der Waals surface area contributed by atoms with Crippen LogP contribution >= 0.6 is 0 Å². The first-order valence-corrected chi connectivity index (χ1v) is 6.00. The third kappa shape index (κ3) is 2.22. The van der Waals surface area contributed by atoms with Gasteiger partial charge in [-0.15, -0.1) is 0 Å². The third-order valence-electron chi connectivity index (χ3n) is 2.88. The Morgan fingerprint density at radius 2 is 1.94 bits per heavy atom. The minimum absolute atomic E-state index is 0.0564. The van der Waals surface area contributed by atoms with Crippen molar-refractivity contribution in [1.29, 1.82) is 0 Å². The quantitative estimate of drug-likeness (QED) is 0.911. The van der Waals surface area contributed by atoms with Gasteiger partial charge in [0.15, 0.2) is 11.6 Å². The van der Waals surface area contributed by atoms with Crippen LogP contribution in [0.3, 0.4) is 0 Å². The van der Waals surface area contributed by atoms with Gasteiger partial charge in [0, 0.05) is 31.2 Å². The summed E-state index contributed by atoms with van der Waals surface area (Å²) in [7, 11) is 0. The van der Waals surface area contributed by atoms with E-state index in [9.17, 15) is 8.78 Å². The zero-order valence-corrected chi connectivity index (χ0v) is 10.5. The highest BCUT2D eigenvalue weighted by molar-refractivity contribution is 5.76. The number of imidazole rings is 1. The molecule has 0 amide bonds. The number of hydrogen-bond donors (Lipinski definition) is 1. The Bertz CT molecular complexity index is 564. The Morgan fingerprint density at radius 3 is 2.56 bits per heavy atom. The maximum Gasteiger partial charge on any atom is 0.161 e. The molecule has 0 aliphatic heterocycles. The van der Waals surface area contributed by atoms with Crippen LogP contribution in [-0.4, -0.2) is 21.3 Å². The average Bonchev–Trinajstić information content (AvgIpc) is 2.65. The van der Waals surface area contributed by atoms with Crippen LogP contribution in [0.15, 0.2) is 12.1 Å². The van der Waals surface area contributed by atoms with Crippen LogP contribution in [0.5, 0.6) is 0 Å². The van der Waals surface area contributed by atoms with Gasteiger partial charge < -0.3 is 9.67 Å². The number of fused-ring (bicyclic) bond motifs is 1. The summed E-state index contributed by atoms with van der Waals surface area (Å²) in [5.41, 5.74) is 1.03. The molecule has 1 aromatic heterocycles. The molecule has 1 heterocycles. The minimum Gasteiger partial charge on any atom is -0.396 e. The molecule has 2 aromatic rings. The van der Waals surface area contributed by atoms with Crippen molar-refractivity contribution >= 4 is 11.0 Å². The van der Waals surface area contributed by atoms with Gasteiger partial charge in [-0.3, -0.25) is 0 Å². The lowest BCUT2D eigenvalue weighted by molar-refractivity contribution is 0.279. The Kier molecular flexibility index (Phi) is 3.61. The Labute approximate surface area is 104 Å². The third-order valence-corrected chi connectivity index (χ3v) is 2.88. The fourth-order valence-electron chi connectivity index (χ4n) is 2.04. The van der Waals surface area contributed by atoms with Crippen LogP contribution in [0.25, 0.3) is 11.0 Å². The Morgan fingerprint density at radius 1 is 1.28 bits per heavy atom. The lowest BCUT2D eigenvalue weighted by atomic mass is 10.2. The number of rotatable bonds is 4. The molecule has 0 aliphatic carbocycles. The van der Waals surface area contributed by atoms with Gasteiger partial charge >= 0.3 is 0 Å². The first-order chi connectivity index (χ1) is 8.54. The van der Waals surface area contributed by atoms with Gasteiger partial charge in [-0.1, -0.05) is 13.8 Å². The zero-order valence-electron chi connectivity index (χ0n) is 10.5. The van der Waals surface area contributed by atoms with Crippen LogP contribution in [-0.2, 0) is 6.54 Å². The van der Waals surface area contributed by atoms with Crippen LogP contribution in [0.4, 0.5) is 8.78 Å². The van der Waals surface area contributed by atoms with Crippen LogP contribution in [0, 0.1) is 11.6 Å². The number of aliphatic hydroxyl groups is 1. The number of benzene rings is 1. The molecule has 98 valence electrons. The summed E-state index contributed by atoms with van der Waals surface area (Å²) in [6, 6.07) is 2.28. The molecule has 0 radical (unpaired) electrons. The van der Waals surface area contributed by atoms with E-state index in [-0.39, 0.29) is 12.5 Å². The fourth-order valence-corrected chi connectivity index (χ4v) is 2.04. The monoisotopic (exact) mass is 254 g/mol. The van der Waals surface area contributed by atoms with E-state index < -0.39 is 11.6 Å². The zero-order chi connectivity index (χ0) is 13.3. The molecule has 0 spiro atoms. The van der Waals surface area contributed by atoms with E-state index in [1.807, 2.05) is 18.4 Å². The van der Waals surface area contributed by atoms with Gasteiger partial charge in [0.1, 0.15) is 5.82 Å². The maximum atomic E-state index is 13.3. The van der Waals surface area contributed by atoms with Crippen molar-refractivity contribution in [1.82, 2.24) is 9.55 Å². The molecule has 18 heavy (non-hydrogen) atoms. The molecule has 0 atom stereocenters. The summed E-state index contributed by atoms with van der Waals surface area (Å²) < 4.78 is 28.3. The largest absolute Gasteiger partial charge is 0.396 e. The molecule has 0 aliphatic rings. The van der Waals surface area contributed by atoms with Crippen molar-refractivity contribution in [3.05, 3.63) is 29.6 Å². The number of nitrogens with zero attached hydrogens (tertiary/aromatic N) is 2. The predicted molar refractivity (Wildman–Crippen MR) is 65.4 cm³/mol. The second kappa shape index (κ2) is 5.02. The molecule has 0 saturated heterocycles. The molecule has 3 nitrogen and oxygen atoms in total. The van der Waals surface area contributed by atoms with Gasteiger partial charge in [-0.05, 0) is 6.42 Å². The first-order valence-electron chi connectivity index (χ1n) is 6.00. The number of halogens is 2. The molecule has 2 rings (SSSR count). The standard InChI is InChI=1S/C13H16F2N2O/c1-8(2)13-16-11-6-9(14)10(15)7-12(11)17(13)4-3-5-18/h6-8,18H,3-5H2,1-2H3. The van der Waals surface area contributed by atoms with Crippen LogP contribution < -0.4 is 0 Å². The van der Waals surface area contributed by atoms with Gasteiger partial charge in [0.25, 0.3) is 0 Å². The van der Waals surface area contributed by atoms with Gasteiger partial charge in [0.2, 0.25) is 0 Å². The SMILES string of the molecule is CC(C)c1nc2cc(F)c(F)cc2n1CCCO. The van der Waals surface area contributed by atoms with Crippen molar-refractivity contribution < 1.29 is 13.9 Å². The van der Waals surface area contributed by atoms with E-state index in [1.54, 1.807) is 0 Å². The first kappa shape index (κ1) is 13.0. The van der Waals surface area contributed by atoms with Gasteiger partial charge in [0.05, 0.1) is 11.0 Å². The number of aryl methyl sites for hydroxylation is 1. The molecule has 1 aromatic carbocycles. The second-order valence-electron chi connectivity index (χ2n) is 4.61. The van der Waals surface area contributed by atoms with E-state index in [0.717, 1.165) is 11.9 Å². The molecule has 0 fully saturated rings. The number of aliphatic hydroxyl groups excluding tert-OH is 1. The maximum absolute atomic E-state index is 13.3. The molecule has 1 N–H and O–H groups in total. The lowest BCUT2D eigenvalue weighted by Gasteiger charge is -2.10. The number of hydrogen-bond acceptors (Lipinski definition) is 2. The summed E-state index contributed by atoms with van der Waals surface area (Å²) >= 11 is 0. The molecular weight excluding hydrogens is 238 g/mol. The summed E-state index contributed by atoms with van der Waals surface area (Å²) in [5, 5.41) is 8.90. The topological polar surface area (TPSA) is 38.0 Å². The summed E-state index contributed by atoms with van der Waals surface area (Å²) in [4.78, 5) is 4.34. The van der Waals surface area contributed by atoms with Crippen molar-refractivity contribution in [2.75, 3.05) is 6.61 Å². The lowest BCUT2D eigenvalue weighted by Crippen LogP contribution is -2.07. The highest BCUT2D eigenvalue weighted by atomic mass is 19.2. The molecule has 0 unspecified atom stereocenters. The van der Waals surface area contributed by atoms with E-state index in [0.29, 0.717) is 24.0 Å². The summed E-state index contributed by atoms with van der Waals surface area (Å²) in [6.45, 7) is 4.55.